The number of aliphatic hydroxyl groups is 1. The molecule has 9 heteroatoms. The number of ether oxygens (including phenoxy) is 1. The number of aliphatic hydroxyl groups excluding tert-OH is 1. The number of rotatable bonds is 9. The van der Waals surface area contributed by atoms with Gasteiger partial charge in [0.25, 0.3) is 11.5 Å². The van der Waals surface area contributed by atoms with Crippen molar-refractivity contribution >= 4 is 23.0 Å². The van der Waals surface area contributed by atoms with E-state index in [0.29, 0.717) is 29.9 Å². The summed E-state index contributed by atoms with van der Waals surface area (Å²) in [5.74, 6) is 0.845. The number of aryl methyl sites for hydroxylation is 2. The Morgan fingerprint density at radius 1 is 1.12 bits per heavy atom. The average molecular weight is 570 g/mol. The Kier molecular flexibility index (Phi) is 7.88. The molecule has 42 heavy (non-hydrogen) atoms. The third-order valence-electron chi connectivity index (χ3n) is 8.73. The van der Waals surface area contributed by atoms with Crippen LogP contribution in [0.4, 0.5) is 11.4 Å². The predicted octanol–water partition coefficient (Wildman–Crippen LogP) is 3.96. The molecule has 3 aromatic rings. The van der Waals surface area contributed by atoms with Crippen molar-refractivity contribution in [3.8, 4) is 5.75 Å². The maximum Gasteiger partial charge on any atom is 0.259 e. The van der Waals surface area contributed by atoms with E-state index in [0.717, 1.165) is 71.7 Å². The number of pyridine rings is 1. The SMILES string of the molecule is CCN1CCC(N2Cc3cc4c(cc3C2=O)CC(c2c(NC[C@@H](O)COc3ccc(C)cc3C)cc[nH]c2=O)=N4)CC1. The maximum atomic E-state index is 13.4. The van der Waals surface area contributed by atoms with Crippen LogP contribution in [0.1, 0.15) is 57.9 Å². The number of benzene rings is 2. The third-order valence-corrected chi connectivity index (χ3v) is 8.73. The van der Waals surface area contributed by atoms with E-state index in [1.54, 1.807) is 12.3 Å². The van der Waals surface area contributed by atoms with Crippen LogP contribution in [0.5, 0.6) is 5.75 Å². The standard InChI is InChI=1S/C33H39N5O4/c1-4-37-11-8-24(9-12-37)38-18-23-16-28-22(14-26(23)33(38)41)15-29(36-28)31-27(7-10-34-32(31)40)35-17-25(39)19-42-30-6-5-20(2)13-21(30)3/h5-7,10,13-14,16,24-25,39H,4,8-9,11-12,15,17-19H2,1-3H3,(H2,34,35,40)/t25-/m1/s1. The quantitative estimate of drug-likeness (QED) is 0.360. The van der Waals surface area contributed by atoms with Crippen molar-refractivity contribution in [2.75, 3.05) is 38.1 Å². The summed E-state index contributed by atoms with van der Waals surface area (Å²) in [6, 6.07) is 12.0. The van der Waals surface area contributed by atoms with Gasteiger partial charge in [0.05, 0.1) is 22.6 Å². The first kappa shape index (κ1) is 28.2. The number of anilines is 1. The van der Waals surface area contributed by atoms with Gasteiger partial charge in [0, 0.05) is 50.4 Å². The summed E-state index contributed by atoms with van der Waals surface area (Å²) in [5, 5.41) is 13.8. The number of hydrogen-bond donors (Lipinski definition) is 3. The number of aromatic nitrogens is 1. The topological polar surface area (TPSA) is 110 Å². The number of fused-ring (bicyclic) bond motifs is 2. The molecule has 9 nitrogen and oxygen atoms in total. The van der Waals surface area contributed by atoms with E-state index >= 15 is 0 Å². The smallest absolute Gasteiger partial charge is 0.259 e. The summed E-state index contributed by atoms with van der Waals surface area (Å²) < 4.78 is 5.83. The highest BCUT2D eigenvalue weighted by Crippen LogP contribution is 2.37. The lowest BCUT2D eigenvalue weighted by atomic mass is 10.00. The summed E-state index contributed by atoms with van der Waals surface area (Å²) in [4.78, 5) is 38.5. The zero-order valence-corrected chi connectivity index (χ0v) is 24.6. The molecule has 1 aromatic heterocycles. The molecular weight excluding hydrogens is 530 g/mol. The largest absolute Gasteiger partial charge is 0.491 e. The number of nitrogens with zero attached hydrogens (tertiary/aromatic N) is 3. The summed E-state index contributed by atoms with van der Waals surface area (Å²) in [6.07, 6.45) is 3.28. The van der Waals surface area contributed by atoms with Crippen LogP contribution >= 0.6 is 0 Å². The van der Waals surface area contributed by atoms with Crippen LogP contribution in [0, 0.1) is 13.8 Å². The molecular formula is C33H39N5O4. The number of nitrogens with one attached hydrogen (secondary N) is 2. The van der Waals surface area contributed by atoms with Gasteiger partial charge in [-0.3, -0.25) is 14.6 Å². The molecule has 0 bridgehead atoms. The molecule has 1 fully saturated rings. The predicted molar refractivity (Wildman–Crippen MR) is 164 cm³/mol. The monoisotopic (exact) mass is 569 g/mol. The third kappa shape index (κ3) is 5.58. The molecule has 3 aliphatic heterocycles. The number of aliphatic imine (C=N–C) groups is 1. The Bertz CT molecular complexity index is 1590. The Morgan fingerprint density at radius 2 is 1.93 bits per heavy atom. The van der Waals surface area contributed by atoms with Crippen molar-refractivity contribution in [1.29, 1.82) is 0 Å². The van der Waals surface area contributed by atoms with Crippen LogP contribution < -0.4 is 15.6 Å². The molecule has 220 valence electrons. The number of piperidine rings is 1. The Hall–Kier alpha value is -3.95. The first-order chi connectivity index (χ1) is 20.3. The van der Waals surface area contributed by atoms with Crippen LogP contribution in [-0.4, -0.2) is 76.4 Å². The first-order valence-corrected chi connectivity index (χ1v) is 14.9. The molecule has 3 N–H and O–H groups in total. The van der Waals surface area contributed by atoms with E-state index < -0.39 is 6.10 Å². The second-order valence-corrected chi connectivity index (χ2v) is 11.7. The van der Waals surface area contributed by atoms with Crippen molar-refractivity contribution < 1.29 is 14.6 Å². The molecule has 4 heterocycles. The van der Waals surface area contributed by atoms with Crippen molar-refractivity contribution in [2.24, 2.45) is 4.99 Å². The molecule has 1 atom stereocenters. The minimum atomic E-state index is -0.785. The minimum Gasteiger partial charge on any atom is -0.491 e. The minimum absolute atomic E-state index is 0.105. The van der Waals surface area contributed by atoms with Crippen molar-refractivity contribution in [2.45, 2.75) is 58.7 Å². The number of H-pyrrole nitrogens is 1. The highest BCUT2D eigenvalue weighted by molar-refractivity contribution is 6.10. The Morgan fingerprint density at radius 3 is 2.69 bits per heavy atom. The van der Waals surface area contributed by atoms with Gasteiger partial charge < -0.3 is 29.9 Å². The van der Waals surface area contributed by atoms with Gasteiger partial charge in [-0.1, -0.05) is 24.6 Å². The molecule has 0 radical (unpaired) electrons. The van der Waals surface area contributed by atoms with E-state index in [-0.39, 0.29) is 30.7 Å². The lowest BCUT2D eigenvalue weighted by Gasteiger charge is -2.36. The molecule has 0 unspecified atom stereocenters. The Labute approximate surface area is 246 Å². The molecule has 3 aliphatic rings. The summed E-state index contributed by atoms with van der Waals surface area (Å²) in [6.45, 7) is 10.2. The first-order valence-electron chi connectivity index (χ1n) is 14.9. The number of aromatic amines is 1. The van der Waals surface area contributed by atoms with Crippen LogP contribution in [0.2, 0.25) is 0 Å². The molecule has 6 rings (SSSR count). The van der Waals surface area contributed by atoms with Crippen LogP contribution in [0.3, 0.4) is 0 Å². The molecule has 0 saturated carbocycles. The van der Waals surface area contributed by atoms with E-state index in [1.807, 2.05) is 49.1 Å². The average Bonchev–Trinajstić information content (AvgIpc) is 3.54. The van der Waals surface area contributed by atoms with E-state index in [4.69, 9.17) is 9.73 Å². The molecule has 0 spiro atoms. The normalized spacial score (nSPS) is 17.7. The van der Waals surface area contributed by atoms with Gasteiger partial charge in [-0.05, 0) is 74.2 Å². The Balaban J connectivity index is 1.13. The fraction of sp³-hybridized carbons (Fsp3) is 0.424. The molecule has 1 saturated heterocycles. The molecule has 2 aromatic carbocycles. The second-order valence-electron chi connectivity index (χ2n) is 11.7. The number of carbonyl (C=O) groups excluding carboxylic acids is 1. The summed E-state index contributed by atoms with van der Waals surface area (Å²) in [5.41, 5.74) is 7.16. The summed E-state index contributed by atoms with van der Waals surface area (Å²) >= 11 is 0. The summed E-state index contributed by atoms with van der Waals surface area (Å²) in [7, 11) is 0. The number of hydrogen-bond acceptors (Lipinski definition) is 7. The fourth-order valence-corrected chi connectivity index (χ4v) is 6.36. The lowest BCUT2D eigenvalue weighted by molar-refractivity contribution is 0.0602. The highest BCUT2D eigenvalue weighted by Gasteiger charge is 2.36. The van der Waals surface area contributed by atoms with Gasteiger partial charge >= 0.3 is 0 Å². The van der Waals surface area contributed by atoms with Gasteiger partial charge in [0.2, 0.25) is 0 Å². The lowest BCUT2D eigenvalue weighted by Crippen LogP contribution is -2.44. The number of carbonyl (C=O) groups is 1. The van der Waals surface area contributed by atoms with Crippen LogP contribution in [-0.2, 0) is 13.0 Å². The number of amides is 1. The van der Waals surface area contributed by atoms with Gasteiger partial charge in [0.1, 0.15) is 18.5 Å². The van der Waals surface area contributed by atoms with Crippen molar-refractivity contribution in [3.05, 3.63) is 86.3 Å². The van der Waals surface area contributed by atoms with Crippen molar-refractivity contribution in [3.63, 3.8) is 0 Å². The zero-order valence-electron chi connectivity index (χ0n) is 24.6. The van der Waals surface area contributed by atoms with Gasteiger partial charge in [0.15, 0.2) is 0 Å². The van der Waals surface area contributed by atoms with E-state index in [2.05, 4.69) is 22.1 Å². The van der Waals surface area contributed by atoms with Crippen molar-refractivity contribution in [1.82, 2.24) is 14.8 Å². The zero-order chi connectivity index (χ0) is 29.4. The van der Waals surface area contributed by atoms with Gasteiger partial charge in [-0.25, -0.2) is 0 Å². The highest BCUT2D eigenvalue weighted by atomic mass is 16.5. The van der Waals surface area contributed by atoms with E-state index in [9.17, 15) is 14.7 Å². The molecule has 0 aliphatic carbocycles. The maximum absolute atomic E-state index is 13.4. The molecule has 1 amide bonds. The van der Waals surface area contributed by atoms with Gasteiger partial charge in [-0.15, -0.1) is 0 Å². The second kappa shape index (κ2) is 11.7. The van der Waals surface area contributed by atoms with Crippen LogP contribution in [0.15, 0.2) is 52.4 Å². The van der Waals surface area contributed by atoms with E-state index in [1.165, 1.54) is 0 Å². The van der Waals surface area contributed by atoms with Gasteiger partial charge in [-0.2, -0.15) is 0 Å². The van der Waals surface area contributed by atoms with Crippen LogP contribution in [0.25, 0.3) is 0 Å². The fourth-order valence-electron chi connectivity index (χ4n) is 6.36. The number of likely N-dealkylation sites (tertiary alicyclic amines) is 1.